The molecule has 0 saturated carbocycles. The smallest absolute Gasteiger partial charge is 0.328 e. The van der Waals surface area contributed by atoms with E-state index < -0.39 is 30.4 Å². The van der Waals surface area contributed by atoms with Crippen LogP contribution < -0.4 is 21.8 Å². The molecule has 1 atom stereocenters. The summed E-state index contributed by atoms with van der Waals surface area (Å²) >= 11 is 11.9. The summed E-state index contributed by atoms with van der Waals surface area (Å²) in [5.74, 6) is 2.91. The second-order valence-electron chi connectivity index (χ2n) is 6.66. The SMILES string of the molecule is CCOC(=O)C(Cc1cc(Cl)cc(Cl)c1O)NC(=O)CNC(=O)c1cccc(NC=NN)c1. The van der Waals surface area contributed by atoms with Gasteiger partial charge in [-0.25, -0.2) is 4.79 Å². The lowest BCUT2D eigenvalue weighted by Gasteiger charge is -2.18. The third-order valence-electron chi connectivity index (χ3n) is 4.28. The van der Waals surface area contributed by atoms with Gasteiger partial charge in [0.05, 0.1) is 18.2 Å². The molecule has 0 fully saturated rings. The highest BCUT2D eigenvalue weighted by Crippen LogP contribution is 2.32. The molecule has 0 aliphatic rings. The molecule has 0 spiro atoms. The Balaban J connectivity index is 2.04. The number of nitrogens with one attached hydrogen (secondary N) is 3. The molecule has 0 heterocycles. The van der Waals surface area contributed by atoms with Crippen LogP contribution in [0.25, 0.3) is 0 Å². The molecule has 0 aliphatic carbocycles. The Morgan fingerprint density at radius 1 is 1.24 bits per heavy atom. The second kappa shape index (κ2) is 12.5. The number of hydrogen-bond donors (Lipinski definition) is 5. The van der Waals surface area contributed by atoms with Crippen molar-refractivity contribution in [2.24, 2.45) is 10.9 Å². The van der Waals surface area contributed by atoms with E-state index in [0.29, 0.717) is 11.3 Å². The first-order valence-electron chi connectivity index (χ1n) is 9.74. The highest BCUT2D eigenvalue weighted by molar-refractivity contribution is 6.35. The van der Waals surface area contributed by atoms with E-state index in [1.54, 1.807) is 31.2 Å². The van der Waals surface area contributed by atoms with Crippen LogP contribution in [0.3, 0.4) is 0 Å². The fourth-order valence-corrected chi connectivity index (χ4v) is 3.34. The first kappa shape index (κ1) is 25.8. The van der Waals surface area contributed by atoms with Gasteiger partial charge in [0.2, 0.25) is 5.91 Å². The van der Waals surface area contributed by atoms with Crippen LogP contribution in [0.1, 0.15) is 22.8 Å². The molecule has 176 valence electrons. The number of anilines is 1. The number of ether oxygens (including phenoxy) is 1. The van der Waals surface area contributed by atoms with Gasteiger partial charge in [0, 0.05) is 22.7 Å². The number of benzene rings is 2. The number of rotatable bonds is 10. The van der Waals surface area contributed by atoms with Gasteiger partial charge in [-0.1, -0.05) is 29.3 Å². The lowest BCUT2D eigenvalue weighted by atomic mass is 10.0. The summed E-state index contributed by atoms with van der Waals surface area (Å²) in [6, 6.07) is 8.08. The topological polar surface area (TPSA) is 155 Å². The monoisotopic (exact) mass is 495 g/mol. The number of carbonyl (C=O) groups excluding carboxylic acids is 3. The minimum atomic E-state index is -1.14. The first-order valence-corrected chi connectivity index (χ1v) is 10.5. The van der Waals surface area contributed by atoms with Gasteiger partial charge in [0.25, 0.3) is 5.91 Å². The molecule has 2 rings (SSSR count). The van der Waals surface area contributed by atoms with Gasteiger partial charge in [-0.3, -0.25) is 9.59 Å². The molecule has 2 aromatic rings. The van der Waals surface area contributed by atoms with Gasteiger partial charge < -0.3 is 31.6 Å². The van der Waals surface area contributed by atoms with Gasteiger partial charge in [0.1, 0.15) is 18.1 Å². The second-order valence-corrected chi connectivity index (χ2v) is 7.50. The number of hydrogen-bond acceptors (Lipinski definition) is 7. The van der Waals surface area contributed by atoms with Crippen LogP contribution >= 0.6 is 23.2 Å². The van der Waals surface area contributed by atoms with E-state index in [1.165, 1.54) is 18.5 Å². The van der Waals surface area contributed by atoms with Gasteiger partial charge in [-0.05, 0) is 42.8 Å². The third kappa shape index (κ3) is 7.85. The number of hydrazone groups is 1. The molecule has 6 N–H and O–H groups in total. The highest BCUT2D eigenvalue weighted by Gasteiger charge is 2.25. The molecular formula is C21H23Cl2N5O5. The van der Waals surface area contributed by atoms with Crippen LogP contribution in [0, 0.1) is 0 Å². The number of esters is 1. The van der Waals surface area contributed by atoms with Crippen LogP contribution in [0.15, 0.2) is 41.5 Å². The lowest BCUT2D eigenvalue weighted by Crippen LogP contribution is -2.47. The van der Waals surface area contributed by atoms with E-state index in [0.717, 1.165) is 0 Å². The van der Waals surface area contributed by atoms with Crippen molar-refractivity contribution in [3.05, 3.63) is 57.6 Å². The van der Waals surface area contributed by atoms with Gasteiger partial charge in [-0.2, -0.15) is 5.10 Å². The average molecular weight is 496 g/mol. The normalized spacial score (nSPS) is 11.6. The van der Waals surface area contributed by atoms with Crippen molar-refractivity contribution in [1.29, 1.82) is 0 Å². The van der Waals surface area contributed by atoms with Crippen LogP contribution in [0.2, 0.25) is 10.0 Å². The fraction of sp³-hybridized carbons (Fsp3) is 0.238. The van der Waals surface area contributed by atoms with Gasteiger partial charge in [0.15, 0.2) is 0 Å². The van der Waals surface area contributed by atoms with Crippen LogP contribution in [-0.2, 0) is 20.7 Å². The Bertz CT molecular complexity index is 1050. The Kier molecular flexibility index (Phi) is 9.77. The zero-order chi connectivity index (χ0) is 24.4. The van der Waals surface area contributed by atoms with E-state index >= 15 is 0 Å². The molecule has 2 amide bonds. The first-order chi connectivity index (χ1) is 15.7. The maximum absolute atomic E-state index is 12.4. The number of nitrogens with zero attached hydrogens (tertiary/aromatic N) is 1. The predicted octanol–water partition coefficient (Wildman–Crippen LogP) is 2.03. The van der Waals surface area contributed by atoms with Crippen LogP contribution in [-0.4, -0.2) is 48.4 Å². The van der Waals surface area contributed by atoms with Crippen LogP contribution in [0.5, 0.6) is 5.75 Å². The number of nitrogens with two attached hydrogens (primary N) is 1. The number of phenols is 1. The number of amides is 2. The molecule has 0 bridgehead atoms. The molecule has 0 saturated heterocycles. The standard InChI is InChI=1S/C21H23Cl2N5O5/c1-2-33-21(32)17(8-13-6-14(22)9-16(23)19(13)30)28-18(29)10-25-20(31)12-4-3-5-15(7-12)26-11-27-24/h3-7,9,11,17,30H,2,8,10,24H2,1H3,(H,25,31)(H,26,27)(H,28,29). The van der Waals surface area contributed by atoms with Crippen LogP contribution in [0.4, 0.5) is 5.69 Å². The molecule has 0 radical (unpaired) electrons. The summed E-state index contributed by atoms with van der Waals surface area (Å²) in [5.41, 5.74) is 1.11. The van der Waals surface area contributed by atoms with E-state index in [1.807, 2.05) is 0 Å². The Labute approximate surface area is 200 Å². The molecule has 12 heteroatoms. The summed E-state index contributed by atoms with van der Waals surface area (Å²) in [7, 11) is 0. The number of carbonyl (C=O) groups is 3. The van der Waals surface area contributed by atoms with E-state index in [9.17, 15) is 19.5 Å². The quantitative estimate of drug-likeness (QED) is 0.111. The molecular weight excluding hydrogens is 473 g/mol. The number of halogens is 2. The van der Waals surface area contributed by atoms with Crippen molar-refractivity contribution in [2.75, 3.05) is 18.5 Å². The Morgan fingerprint density at radius 2 is 2.00 bits per heavy atom. The zero-order valence-corrected chi connectivity index (χ0v) is 19.1. The minimum Gasteiger partial charge on any atom is -0.506 e. The Hall–Kier alpha value is -3.50. The van der Waals surface area contributed by atoms with Crippen molar-refractivity contribution in [1.82, 2.24) is 10.6 Å². The summed E-state index contributed by atoms with van der Waals surface area (Å²) in [5, 5.41) is 21.5. The van der Waals surface area contributed by atoms with Crippen molar-refractivity contribution >= 4 is 53.0 Å². The molecule has 1 unspecified atom stereocenters. The lowest BCUT2D eigenvalue weighted by molar-refractivity contribution is -0.147. The third-order valence-corrected chi connectivity index (χ3v) is 4.78. The molecule has 33 heavy (non-hydrogen) atoms. The molecule has 0 aliphatic heterocycles. The summed E-state index contributed by atoms with van der Waals surface area (Å²) in [4.78, 5) is 37.1. The Morgan fingerprint density at radius 3 is 2.70 bits per heavy atom. The molecule has 2 aromatic carbocycles. The molecule has 10 nitrogen and oxygen atoms in total. The largest absolute Gasteiger partial charge is 0.506 e. The average Bonchev–Trinajstić information content (AvgIpc) is 2.79. The fourth-order valence-electron chi connectivity index (χ4n) is 2.80. The van der Waals surface area contributed by atoms with Crippen molar-refractivity contribution in [3.8, 4) is 5.75 Å². The minimum absolute atomic E-state index is 0.00755. The summed E-state index contributed by atoms with van der Waals surface area (Å²) in [6.07, 6.45) is 1.13. The van der Waals surface area contributed by atoms with E-state index in [4.69, 9.17) is 33.8 Å². The number of aromatic hydroxyl groups is 1. The number of phenolic OH excluding ortho intramolecular Hbond substituents is 1. The van der Waals surface area contributed by atoms with Crippen molar-refractivity contribution in [2.45, 2.75) is 19.4 Å². The summed E-state index contributed by atoms with van der Waals surface area (Å²) < 4.78 is 5.00. The highest BCUT2D eigenvalue weighted by atomic mass is 35.5. The zero-order valence-electron chi connectivity index (χ0n) is 17.6. The molecule has 0 aromatic heterocycles. The maximum Gasteiger partial charge on any atom is 0.328 e. The van der Waals surface area contributed by atoms with Crippen molar-refractivity contribution in [3.63, 3.8) is 0 Å². The summed E-state index contributed by atoms with van der Waals surface area (Å²) in [6.45, 7) is 1.30. The van der Waals surface area contributed by atoms with E-state index in [-0.39, 0.29) is 34.4 Å². The van der Waals surface area contributed by atoms with Gasteiger partial charge in [-0.15, -0.1) is 0 Å². The van der Waals surface area contributed by atoms with Crippen molar-refractivity contribution < 1.29 is 24.2 Å². The van der Waals surface area contributed by atoms with E-state index in [2.05, 4.69) is 21.1 Å². The maximum atomic E-state index is 12.4. The van der Waals surface area contributed by atoms with Gasteiger partial charge >= 0.3 is 5.97 Å². The predicted molar refractivity (Wildman–Crippen MR) is 125 cm³/mol.